The third kappa shape index (κ3) is 2.81. The molecule has 1 aromatic rings. The van der Waals surface area contributed by atoms with Crippen LogP contribution in [0.25, 0.3) is 0 Å². The fraction of sp³-hybridized carbons (Fsp3) is 0.357. The van der Waals surface area contributed by atoms with Crippen LogP contribution >= 0.6 is 0 Å². The number of nitrogens with two attached hydrogens (primary N) is 1. The van der Waals surface area contributed by atoms with Crippen LogP contribution in [0, 0.1) is 0 Å². The summed E-state index contributed by atoms with van der Waals surface area (Å²) in [5.74, 6) is -2.01. The van der Waals surface area contributed by atoms with Gasteiger partial charge in [0.15, 0.2) is 0 Å². The van der Waals surface area contributed by atoms with E-state index in [0.717, 1.165) is 11.3 Å². The average molecular weight is 291 g/mol. The summed E-state index contributed by atoms with van der Waals surface area (Å²) in [6.07, 6.45) is -0.202. The smallest absolute Gasteiger partial charge is 0.303 e. The van der Waals surface area contributed by atoms with Gasteiger partial charge in [0, 0.05) is 36.8 Å². The van der Waals surface area contributed by atoms with Crippen molar-refractivity contribution in [1.82, 2.24) is 4.90 Å². The van der Waals surface area contributed by atoms with Gasteiger partial charge in [-0.3, -0.25) is 14.4 Å². The first-order valence-electron chi connectivity index (χ1n) is 6.57. The van der Waals surface area contributed by atoms with Crippen molar-refractivity contribution >= 4 is 23.5 Å². The third-order valence-electron chi connectivity index (χ3n) is 3.60. The highest BCUT2D eigenvalue weighted by Gasteiger charge is 2.36. The molecule has 1 heterocycles. The molecule has 0 saturated carbocycles. The Morgan fingerprint density at radius 3 is 2.76 bits per heavy atom. The minimum absolute atomic E-state index is 0.0132. The number of aliphatic carboxylic acids is 1. The van der Waals surface area contributed by atoms with Crippen LogP contribution in [0.1, 0.15) is 28.8 Å². The lowest BCUT2D eigenvalue weighted by atomic mass is 10.1. The molecule has 0 saturated heterocycles. The fourth-order valence-corrected chi connectivity index (χ4v) is 2.55. The normalized spacial score (nSPS) is 14.7. The monoisotopic (exact) mass is 291 g/mol. The van der Waals surface area contributed by atoms with Gasteiger partial charge in [0.05, 0.1) is 0 Å². The number of carboxylic acid groups (broad SMARTS) is 1. The lowest BCUT2D eigenvalue weighted by Gasteiger charge is -2.24. The second kappa shape index (κ2) is 5.82. The summed E-state index contributed by atoms with van der Waals surface area (Å²) in [6, 6.07) is 4.37. The van der Waals surface area contributed by atoms with Gasteiger partial charge in [-0.15, -0.1) is 0 Å². The molecule has 1 aliphatic heterocycles. The zero-order valence-electron chi connectivity index (χ0n) is 11.6. The van der Waals surface area contributed by atoms with E-state index in [1.54, 1.807) is 19.2 Å². The molecule has 0 spiro atoms. The minimum atomic E-state index is -1.03. The highest BCUT2D eigenvalue weighted by atomic mass is 16.4. The Morgan fingerprint density at radius 2 is 2.19 bits per heavy atom. The molecule has 0 aliphatic carbocycles. The van der Waals surface area contributed by atoms with Crippen molar-refractivity contribution in [3.63, 3.8) is 0 Å². The number of benzene rings is 1. The van der Waals surface area contributed by atoms with Crippen molar-refractivity contribution in [3.8, 4) is 0 Å². The van der Waals surface area contributed by atoms with Gasteiger partial charge in [-0.1, -0.05) is 6.07 Å². The predicted molar refractivity (Wildman–Crippen MR) is 75.7 cm³/mol. The van der Waals surface area contributed by atoms with Crippen LogP contribution in [0.3, 0.4) is 0 Å². The Bertz CT molecular complexity index is 600. The van der Waals surface area contributed by atoms with Gasteiger partial charge in [-0.2, -0.15) is 0 Å². The van der Waals surface area contributed by atoms with Crippen LogP contribution in [-0.2, 0) is 16.1 Å². The highest BCUT2D eigenvalue weighted by molar-refractivity contribution is 6.02. The Labute approximate surface area is 121 Å². The summed E-state index contributed by atoms with van der Waals surface area (Å²) in [4.78, 5) is 36.0. The average Bonchev–Trinajstić information content (AvgIpc) is 2.76. The number of fused-ring (bicyclic) bond motifs is 1. The van der Waals surface area contributed by atoms with Gasteiger partial charge < -0.3 is 21.1 Å². The number of carbonyl (C=O) groups is 3. The molecule has 2 amide bonds. The summed E-state index contributed by atoms with van der Waals surface area (Å²) < 4.78 is 0. The van der Waals surface area contributed by atoms with Crippen molar-refractivity contribution in [2.75, 3.05) is 12.4 Å². The number of nitrogens with one attached hydrogen (secondary N) is 1. The number of rotatable bonds is 6. The van der Waals surface area contributed by atoms with E-state index < -0.39 is 17.9 Å². The second-order valence-corrected chi connectivity index (χ2v) is 4.87. The zero-order valence-corrected chi connectivity index (χ0v) is 11.6. The first kappa shape index (κ1) is 14.8. The summed E-state index contributed by atoms with van der Waals surface area (Å²) in [6.45, 7) is 0.248. The molecule has 112 valence electrons. The molecule has 1 atom stereocenters. The fourth-order valence-electron chi connectivity index (χ4n) is 2.55. The molecule has 0 radical (unpaired) electrons. The molecule has 1 aromatic carbocycles. The van der Waals surface area contributed by atoms with Crippen molar-refractivity contribution in [2.24, 2.45) is 5.73 Å². The Morgan fingerprint density at radius 1 is 1.48 bits per heavy atom. The van der Waals surface area contributed by atoms with Crippen LogP contribution in [0.15, 0.2) is 18.2 Å². The quantitative estimate of drug-likeness (QED) is 0.702. The van der Waals surface area contributed by atoms with E-state index in [9.17, 15) is 14.4 Å². The first-order valence-corrected chi connectivity index (χ1v) is 6.57. The van der Waals surface area contributed by atoms with Crippen molar-refractivity contribution in [3.05, 3.63) is 29.3 Å². The van der Waals surface area contributed by atoms with E-state index in [-0.39, 0.29) is 25.3 Å². The van der Waals surface area contributed by atoms with Crippen molar-refractivity contribution < 1.29 is 19.5 Å². The summed E-state index contributed by atoms with van der Waals surface area (Å²) in [5.41, 5.74) is 7.45. The molecule has 1 unspecified atom stereocenters. The Kier molecular flexibility index (Phi) is 4.11. The molecule has 4 N–H and O–H groups in total. The number of carbonyl (C=O) groups excluding carboxylic acids is 2. The minimum Gasteiger partial charge on any atom is -0.481 e. The van der Waals surface area contributed by atoms with Crippen LogP contribution in [0.4, 0.5) is 5.69 Å². The number of primary amides is 1. The number of anilines is 1. The van der Waals surface area contributed by atoms with Gasteiger partial charge in [0.25, 0.3) is 5.91 Å². The summed E-state index contributed by atoms with van der Waals surface area (Å²) in [7, 11) is 1.75. The summed E-state index contributed by atoms with van der Waals surface area (Å²) >= 11 is 0. The van der Waals surface area contributed by atoms with E-state index in [4.69, 9.17) is 10.8 Å². The molecular formula is C14H17N3O4. The van der Waals surface area contributed by atoms with Crippen molar-refractivity contribution in [2.45, 2.75) is 25.4 Å². The topological polar surface area (TPSA) is 113 Å². The maximum Gasteiger partial charge on any atom is 0.303 e. The Balaban J connectivity index is 2.27. The molecule has 1 aliphatic rings. The third-order valence-corrected chi connectivity index (χ3v) is 3.60. The SMILES string of the molecule is CNc1cccc2c1CN(C(CCC(=O)O)C(N)=O)C2=O. The standard InChI is InChI=1S/C14H17N3O4/c1-16-10-4-2-3-8-9(10)7-17(14(8)21)11(13(15)20)5-6-12(18)19/h2-4,11,16H,5-7H2,1H3,(H2,15,20)(H,18,19). The van der Waals surface area contributed by atoms with Crippen LogP contribution < -0.4 is 11.1 Å². The van der Waals surface area contributed by atoms with Crippen LogP contribution in [0.2, 0.25) is 0 Å². The molecule has 7 nitrogen and oxygen atoms in total. The van der Waals surface area contributed by atoms with E-state index >= 15 is 0 Å². The van der Waals surface area contributed by atoms with Gasteiger partial charge in [0.1, 0.15) is 6.04 Å². The van der Waals surface area contributed by atoms with E-state index in [1.807, 2.05) is 6.07 Å². The lowest BCUT2D eigenvalue weighted by molar-refractivity contribution is -0.137. The molecular weight excluding hydrogens is 274 g/mol. The van der Waals surface area contributed by atoms with Gasteiger partial charge in [-0.05, 0) is 18.6 Å². The largest absolute Gasteiger partial charge is 0.481 e. The Hall–Kier alpha value is -2.57. The summed E-state index contributed by atoms with van der Waals surface area (Å²) in [5, 5.41) is 11.7. The maximum atomic E-state index is 12.4. The van der Waals surface area contributed by atoms with Crippen molar-refractivity contribution in [1.29, 1.82) is 0 Å². The number of amides is 2. The van der Waals surface area contributed by atoms with Crippen LogP contribution in [-0.4, -0.2) is 40.9 Å². The zero-order chi connectivity index (χ0) is 15.6. The molecule has 21 heavy (non-hydrogen) atoms. The molecule has 0 bridgehead atoms. The lowest BCUT2D eigenvalue weighted by Crippen LogP contribution is -2.45. The van der Waals surface area contributed by atoms with Crippen LogP contribution in [0.5, 0.6) is 0 Å². The number of hydrogen-bond donors (Lipinski definition) is 3. The van der Waals surface area contributed by atoms with E-state index in [1.165, 1.54) is 4.90 Å². The number of carboxylic acids is 1. The van der Waals surface area contributed by atoms with Gasteiger partial charge >= 0.3 is 5.97 Å². The van der Waals surface area contributed by atoms with Gasteiger partial charge in [-0.25, -0.2) is 0 Å². The molecule has 2 rings (SSSR count). The van der Waals surface area contributed by atoms with Gasteiger partial charge in [0.2, 0.25) is 5.91 Å². The number of nitrogens with zero attached hydrogens (tertiary/aromatic N) is 1. The maximum absolute atomic E-state index is 12.4. The molecule has 0 fully saturated rings. The predicted octanol–water partition coefficient (Wildman–Crippen LogP) is 0.403. The van der Waals surface area contributed by atoms with E-state index in [2.05, 4.69) is 5.32 Å². The first-order chi connectivity index (χ1) is 9.95. The second-order valence-electron chi connectivity index (χ2n) is 4.87. The van der Waals surface area contributed by atoms with E-state index in [0.29, 0.717) is 5.56 Å². The molecule has 0 aromatic heterocycles. The number of hydrogen-bond acceptors (Lipinski definition) is 4. The highest BCUT2D eigenvalue weighted by Crippen LogP contribution is 2.31. The molecule has 7 heteroatoms.